The summed E-state index contributed by atoms with van der Waals surface area (Å²) in [5, 5.41) is 7.96. The lowest BCUT2D eigenvalue weighted by atomic mass is 9.87. The van der Waals surface area contributed by atoms with E-state index < -0.39 is 0 Å². The fourth-order valence-electron chi connectivity index (χ4n) is 1.52. The van der Waals surface area contributed by atoms with Crippen LogP contribution in [0.4, 0.5) is 0 Å². The smallest absolute Gasteiger partial charge is 0.165 e. The number of rotatable bonds is 1. The number of nitrogens with zero attached hydrogens (tertiary/aromatic N) is 4. The maximum Gasteiger partial charge on any atom is 0.165 e. The zero-order valence-corrected chi connectivity index (χ0v) is 10.1. The Kier molecular flexibility index (Phi) is 2.50. The molecule has 2 rings (SSSR count). The molecule has 2 heterocycles. The van der Waals surface area contributed by atoms with Crippen LogP contribution >= 0.6 is 0 Å². The van der Waals surface area contributed by atoms with Crippen LogP contribution in [0.15, 0.2) is 24.8 Å². The van der Waals surface area contributed by atoms with Crippen molar-refractivity contribution in [2.24, 2.45) is 7.05 Å². The van der Waals surface area contributed by atoms with E-state index >= 15 is 0 Å². The molecule has 16 heavy (non-hydrogen) atoms. The van der Waals surface area contributed by atoms with E-state index in [2.05, 4.69) is 42.0 Å². The van der Waals surface area contributed by atoms with Crippen LogP contribution in [0, 0.1) is 0 Å². The van der Waals surface area contributed by atoms with Gasteiger partial charge in [-0.3, -0.25) is 4.98 Å². The first-order valence-corrected chi connectivity index (χ1v) is 5.28. The van der Waals surface area contributed by atoms with Gasteiger partial charge in [0.05, 0.1) is 0 Å². The van der Waals surface area contributed by atoms with Gasteiger partial charge in [0.2, 0.25) is 0 Å². The molecule has 0 N–H and O–H groups in total. The molecule has 0 spiro atoms. The van der Waals surface area contributed by atoms with Gasteiger partial charge in [0, 0.05) is 25.0 Å². The lowest BCUT2D eigenvalue weighted by Gasteiger charge is -2.18. The van der Waals surface area contributed by atoms with E-state index in [4.69, 9.17) is 0 Å². The van der Waals surface area contributed by atoms with Gasteiger partial charge in [-0.2, -0.15) is 0 Å². The van der Waals surface area contributed by atoms with Crippen LogP contribution < -0.4 is 0 Å². The molecule has 0 aliphatic rings. The number of hydrogen-bond acceptors (Lipinski definition) is 3. The van der Waals surface area contributed by atoms with Crippen LogP contribution in [0.2, 0.25) is 0 Å². The molecule has 0 bridgehead atoms. The second kappa shape index (κ2) is 3.70. The van der Waals surface area contributed by atoms with Gasteiger partial charge in [0.25, 0.3) is 0 Å². The summed E-state index contributed by atoms with van der Waals surface area (Å²) < 4.78 is 1.89. The second-order valence-corrected chi connectivity index (χ2v) is 4.98. The van der Waals surface area contributed by atoms with Gasteiger partial charge in [-0.05, 0) is 17.0 Å². The number of pyridine rings is 1. The summed E-state index contributed by atoms with van der Waals surface area (Å²) in [6.45, 7) is 6.51. The van der Waals surface area contributed by atoms with E-state index in [1.54, 1.807) is 6.33 Å². The van der Waals surface area contributed by atoms with Crippen molar-refractivity contribution >= 4 is 0 Å². The maximum atomic E-state index is 4.27. The molecule has 2 aromatic heterocycles. The van der Waals surface area contributed by atoms with E-state index in [1.807, 2.05) is 24.0 Å². The predicted octanol–water partition coefficient (Wildman–Crippen LogP) is 2.17. The quantitative estimate of drug-likeness (QED) is 0.733. The molecule has 2 aromatic rings. The minimum atomic E-state index is 0.0988. The lowest BCUT2D eigenvalue weighted by molar-refractivity contribution is 0.587. The highest BCUT2D eigenvalue weighted by atomic mass is 15.2. The van der Waals surface area contributed by atoms with E-state index in [1.165, 1.54) is 5.56 Å². The van der Waals surface area contributed by atoms with Gasteiger partial charge in [-0.25, -0.2) is 0 Å². The van der Waals surface area contributed by atoms with E-state index in [0.717, 1.165) is 11.4 Å². The summed E-state index contributed by atoms with van der Waals surface area (Å²) in [6.07, 6.45) is 5.41. The molecule has 0 saturated heterocycles. The van der Waals surface area contributed by atoms with Crippen LogP contribution in [0.5, 0.6) is 0 Å². The third-order valence-corrected chi connectivity index (χ3v) is 2.57. The van der Waals surface area contributed by atoms with E-state index in [0.29, 0.717) is 0 Å². The Morgan fingerprint density at radius 2 is 1.94 bits per heavy atom. The standard InChI is InChI=1S/C12H16N4/c1-12(2,3)10-5-9(6-13-7-10)11-15-14-8-16(11)4/h5-8H,1-4H3. The summed E-state index contributed by atoms with van der Waals surface area (Å²) in [6, 6.07) is 2.12. The molecular weight excluding hydrogens is 200 g/mol. The summed E-state index contributed by atoms with van der Waals surface area (Å²) in [5.41, 5.74) is 2.31. The topological polar surface area (TPSA) is 43.6 Å². The average molecular weight is 216 g/mol. The highest BCUT2D eigenvalue weighted by Crippen LogP contribution is 2.25. The fraction of sp³-hybridized carbons (Fsp3) is 0.417. The summed E-state index contributed by atoms with van der Waals surface area (Å²) in [5.74, 6) is 0.846. The minimum Gasteiger partial charge on any atom is -0.317 e. The van der Waals surface area contributed by atoms with Crippen LogP contribution in [0.1, 0.15) is 26.3 Å². The molecule has 0 unspecified atom stereocenters. The number of aryl methyl sites for hydroxylation is 1. The Hall–Kier alpha value is -1.71. The first kappa shape index (κ1) is 10.8. The van der Waals surface area contributed by atoms with Crippen molar-refractivity contribution in [1.82, 2.24) is 19.7 Å². The van der Waals surface area contributed by atoms with Crippen LogP contribution in [-0.4, -0.2) is 19.7 Å². The third-order valence-electron chi connectivity index (χ3n) is 2.57. The molecule has 84 valence electrons. The number of aromatic nitrogens is 4. The highest BCUT2D eigenvalue weighted by Gasteiger charge is 2.15. The molecule has 4 nitrogen and oxygen atoms in total. The van der Waals surface area contributed by atoms with Crippen molar-refractivity contribution in [3.63, 3.8) is 0 Å². The molecule has 0 aliphatic heterocycles. The Balaban J connectivity index is 2.49. The zero-order chi connectivity index (χ0) is 11.8. The van der Waals surface area contributed by atoms with Crippen molar-refractivity contribution in [2.75, 3.05) is 0 Å². The van der Waals surface area contributed by atoms with Gasteiger partial charge in [-0.15, -0.1) is 10.2 Å². The fourth-order valence-corrected chi connectivity index (χ4v) is 1.52. The highest BCUT2D eigenvalue weighted by molar-refractivity contribution is 5.54. The predicted molar refractivity (Wildman–Crippen MR) is 62.9 cm³/mol. The molecule has 0 amide bonds. The zero-order valence-electron chi connectivity index (χ0n) is 10.1. The summed E-state index contributed by atoms with van der Waals surface area (Å²) >= 11 is 0. The van der Waals surface area contributed by atoms with Crippen molar-refractivity contribution in [2.45, 2.75) is 26.2 Å². The molecule has 0 saturated carbocycles. The Bertz CT molecular complexity index is 494. The monoisotopic (exact) mass is 216 g/mol. The average Bonchev–Trinajstić information content (AvgIpc) is 2.63. The first-order chi connectivity index (χ1) is 7.48. The van der Waals surface area contributed by atoms with E-state index in [9.17, 15) is 0 Å². The number of hydrogen-bond donors (Lipinski definition) is 0. The van der Waals surface area contributed by atoms with Gasteiger partial charge in [0.1, 0.15) is 6.33 Å². The molecule has 4 heteroatoms. The molecule has 0 atom stereocenters. The summed E-state index contributed by atoms with van der Waals surface area (Å²) in [7, 11) is 1.93. The van der Waals surface area contributed by atoms with Crippen molar-refractivity contribution in [3.05, 3.63) is 30.4 Å². The van der Waals surface area contributed by atoms with Crippen molar-refractivity contribution in [3.8, 4) is 11.4 Å². The molecule has 0 aliphatic carbocycles. The summed E-state index contributed by atoms with van der Waals surface area (Å²) in [4.78, 5) is 4.27. The Morgan fingerprint density at radius 3 is 2.50 bits per heavy atom. The van der Waals surface area contributed by atoms with Crippen molar-refractivity contribution in [1.29, 1.82) is 0 Å². The molecule has 0 aromatic carbocycles. The Morgan fingerprint density at radius 1 is 1.19 bits per heavy atom. The van der Waals surface area contributed by atoms with Crippen LogP contribution in [0.25, 0.3) is 11.4 Å². The molecular formula is C12H16N4. The Labute approximate surface area is 95.4 Å². The SMILES string of the molecule is Cn1cnnc1-c1cncc(C(C)(C)C)c1. The van der Waals surface area contributed by atoms with Gasteiger partial charge in [0.15, 0.2) is 5.82 Å². The van der Waals surface area contributed by atoms with E-state index in [-0.39, 0.29) is 5.41 Å². The minimum absolute atomic E-state index is 0.0988. The molecule has 0 fully saturated rings. The lowest BCUT2D eigenvalue weighted by Crippen LogP contribution is -2.11. The van der Waals surface area contributed by atoms with Gasteiger partial charge in [-0.1, -0.05) is 20.8 Å². The van der Waals surface area contributed by atoms with Crippen LogP contribution in [-0.2, 0) is 12.5 Å². The largest absolute Gasteiger partial charge is 0.317 e. The normalized spacial score (nSPS) is 11.8. The molecule has 0 radical (unpaired) electrons. The van der Waals surface area contributed by atoms with Gasteiger partial charge < -0.3 is 4.57 Å². The van der Waals surface area contributed by atoms with Crippen LogP contribution in [0.3, 0.4) is 0 Å². The second-order valence-electron chi connectivity index (χ2n) is 4.98. The maximum absolute atomic E-state index is 4.27. The van der Waals surface area contributed by atoms with Crippen molar-refractivity contribution < 1.29 is 0 Å². The third kappa shape index (κ3) is 1.96. The first-order valence-electron chi connectivity index (χ1n) is 5.28. The van der Waals surface area contributed by atoms with Gasteiger partial charge >= 0.3 is 0 Å².